The van der Waals surface area contributed by atoms with Crippen LogP contribution >= 0.6 is 0 Å². The Morgan fingerprint density at radius 3 is 2.67 bits per heavy atom. The molecule has 0 unspecified atom stereocenters. The summed E-state index contributed by atoms with van der Waals surface area (Å²) >= 11 is 0. The van der Waals surface area contributed by atoms with Crippen LogP contribution in [0.3, 0.4) is 0 Å². The van der Waals surface area contributed by atoms with E-state index in [4.69, 9.17) is 10.3 Å². The number of halogens is 2. The van der Waals surface area contributed by atoms with E-state index >= 15 is 0 Å². The molecule has 21 heavy (non-hydrogen) atoms. The van der Waals surface area contributed by atoms with Gasteiger partial charge in [0.05, 0.1) is 11.3 Å². The van der Waals surface area contributed by atoms with Gasteiger partial charge in [-0.25, -0.2) is 8.78 Å². The Balaban J connectivity index is 2.24. The number of pyridine rings is 1. The summed E-state index contributed by atoms with van der Waals surface area (Å²) in [6.07, 6.45) is 1.58. The van der Waals surface area contributed by atoms with Crippen molar-refractivity contribution in [2.75, 3.05) is 5.73 Å². The first-order valence-electron chi connectivity index (χ1n) is 6.20. The van der Waals surface area contributed by atoms with E-state index in [0.717, 1.165) is 6.07 Å². The highest BCUT2D eigenvalue weighted by Crippen LogP contribution is 2.36. The summed E-state index contributed by atoms with van der Waals surface area (Å²) in [6, 6.07) is 7.41. The molecule has 0 bridgehead atoms. The molecule has 4 nitrogen and oxygen atoms in total. The number of aryl methyl sites for hydroxylation is 1. The van der Waals surface area contributed by atoms with E-state index in [0.29, 0.717) is 16.8 Å². The van der Waals surface area contributed by atoms with Crippen molar-refractivity contribution in [3.63, 3.8) is 0 Å². The SMILES string of the molecule is Cc1cc(-c2noc(N)c2-c2ccccn2)c(F)cc1F. The van der Waals surface area contributed by atoms with Crippen LogP contribution in [-0.2, 0) is 0 Å². The molecule has 0 aliphatic heterocycles. The normalized spacial score (nSPS) is 10.8. The van der Waals surface area contributed by atoms with Gasteiger partial charge in [-0.15, -0.1) is 0 Å². The van der Waals surface area contributed by atoms with E-state index in [9.17, 15) is 8.78 Å². The molecule has 0 aliphatic rings. The van der Waals surface area contributed by atoms with Gasteiger partial charge in [-0.05, 0) is 30.7 Å². The molecule has 0 saturated carbocycles. The third-order valence-electron chi connectivity index (χ3n) is 3.14. The lowest BCUT2D eigenvalue weighted by atomic mass is 10.0. The zero-order chi connectivity index (χ0) is 15.0. The second-order valence-corrected chi connectivity index (χ2v) is 4.57. The Kier molecular flexibility index (Phi) is 3.13. The van der Waals surface area contributed by atoms with E-state index in [1.165, 1.54) is 6.07 Å². The zero-order valence-electron chi connectivity index (χ0n) is 11.1. The topological polar surface area (TPSA) is 64.9 Å². The summed E-state index contributed by atoms with van der Waals surface area (Å²) in [6.45, 7) is 1.54. The van der Waals surface area contributed by atoms with Gasteiger partial charge in [0.15, 0.2) is 0 Å². The first-order valence-corrected chi connectivity index (χ1v) is 6.20. The first kappa shape index (κ1) is 13.2. The Hall–Kier alpha value is -2.76. The molecule has 2 N–H and O–H groups in total. The fourth-order valence-electron chi connectivity index (χ4n) is 2.08. The summed E-state index contributed by atoms with van der Waals surface area (Å²) < 4.78 is 32.4. The standard InChI is InChI=1S/C15H11F2N3O/c1-8-6-9(11(17)7-10(8)16)14-13(15(18)21-20-14)12-4-2-3-5-19-12/h2-7H,18H2,1H3. The fraction of sp³-hybridized carbons (Fsp3) is 0.0667. The van der Waals surface area contributed by atoms with Crippen LogP contribution in [0.5, 0.6) is 0 Å². The van der Waals surface area contributed by atoms with Crippen LogP contribution in [0, 0.1) is 18.6 Å². The number of rotatable bonds is 2. The summed E-state index contributed by atoms with van der Waals surface area (Å²) in [5.41, 5.74) is 7.29. The molecular formula is C15H11F2N3O. The van der Waals surface area contributed by atoms with E-state index in [1.54, 1.807) is 31.3 Å². The smallest absolute Gasteiger partial charge is 0.232 e. The van der Waals surface area contributed by atoms with Gasteiger partial charge in [0.2, 0.25) is 5.88 Å². The number of aromatic nitrogens is 2. The van der Waals surface area contributed by atoms with E-state index < -0.39 is 11.6 Å². The molecule has 1 aromatic carbocycles. The van der Waals surface area contributed by atoms with Gasteiger partial charge in [-0.2, -0.15) is 0 Å². The lowest BCUT2D eigenvalue weighted by Gasteiger charge is -2.05. The lowest BCUT2D eigenvalue weighted by molar-refractivity contribution is 0.438. The summed E-state index contributed by atoms with van der Waals surface area (Å²) in [5, 5.41) is 3.79. The molecule has 3 aromatic rings. The number of benzene rings is 1. The van der Waals surface area contributed by atoms with Gasteiger partial charge in [0.25, 0.3) is 0 Å². The van der Waals surface area contributed by atoms with Gasteiger partial charge in [0, 0.05) is 17.8 Å². The highest BCUT2D eigenvalue weighted by molar-refractivity contribution is 5.85. The number of nitrogens with zero attached hydrogens (tertiary/aromatic N) is 2. The lowest BCUT2D eigenvalue weighted by Crippen LogP contribution is -1.94. The Morgan fingerprint density at radius 1 is 1.14 bits per heavy atom. The Morgan fingerprint density at radius 2 is 1.95 bits per heavy atom. The largest absolute Gasteiger partial charge is 0.367 e. The molecule has 2 aromatic heterocycles. The second kappa shape index (κ2) is 4.97. The molecule has 0 spiro atoms. The van der Waals surface area contributed by atoms with Crippen molar-refractivity contribution >= 4 is 5.88 Å². The van der Waals surface area contributed by atoms with Gasteiger partial charge in [-0.3, -0.25) is 4.98 Å². The predicted octanol–water partition coefficient (Wildman–Crippen LogP) is 3.57. The van der Waals surface area contributed by atoms with Crippen molar-refractivity contribution in [2.45, 2.75) is 6.92 Å². The predicted molar refractivity (Wildman–Crippen MR) is 74.2 cm³/mol. The van der Waals surface area contributed by atoms with E-state index in [1.807, 2.05) is 0 Å². The van der Waals surface area contributed by atoms with Gasteiger partial charge >= 0.3 is 0 Å². The fourth-order valence-corrected chi connectivity index (χ4v) is 2.08. The van der Waals surface area contributed by atoms with Crippen LogP contribution in [-0.4, -0.2) is 10.1 Å². The Bertz CT molecular complexity index is 800. The number of hydrogen-bond donors (Lipinski definition) is 1. The van der Waals surface area contributed by atoms with Crippen LogP contribution in [0.25, 0.3) is 22.5 Å². The zero-order valence-corrected chi connectivity index (χ0v) is 11.1. The number of nitrogens with two attached hydrogens (primary N) is 1. The average molecular weight is 287 g/mol. The van der Waals surface area contributed by atoms with E-state index in [-0.39, 0.29) is 17.1 Å². The van der Waals surface area contributed by atoms with E-state index in [2.05, 4.69) is 10.1 Å². The maximum Gasteiger partial charge on any atom is 0.232 e. The Labute approximate surface area is 119 Å². The van der Waals surface area contributed by atoms with Crippen molar-refractivity contribution in [3.05, 3.63) is 53.7 Å². The quantitative estimate of drug-likeness (QED) is 0.782. The highest BCUT2D eigenvalue weighted by Gasteiger charge is 2.21. The minimum Gasteiger partial charge on any atom is -0.367 e. The van der Waals surface area contributed by atoms with Crippen LogP contribution in [0.4, 0.5) is 14.7 Å². The van der Waals surface area contributed by atoms with Crippen molar-refractivity contribution < 1.29 is 13.3 Å². The molecule has 0 saturated heterocycles. The summed E-state index contributed by atoms with van der Waals surface area (Å²) in [4.78, 5) is 4.16. The van der Waals surface area contributed by atoms with Gasteiger partial charge in [-0.1, -0.05) is 11.2 Å². The monoisotopic (exact) mass is 287 g/mol. The molecule has 2 heterocycles. The molecule has 0 amide bonds. The highest BCUT2D eigenvalue weighted by atomic mass is 19.1. The maximum absolute atomic E-state index is 14.0. The second-order valence-electron chi connectivity index (χ2n) is 4.57. The molecule has 0 fully saturated rings. The van der Waals surface area contributed by atoms with Crippen molar-refractivity contribution in [2.24, 2.45) is 0 Å². The number of anilines is 1. The molecule has 6 heteroatoms. The maximum atomic E-state index is 14.0. The summed E-state index contributed by atoms with van der Waals surface area (Å²) in [5.74, 6) is -1.32. The van der Waals surface area contributed by atoms with Crippen molar-refractivity contribution in [1.82, 2.24) is 10.1 Å². The van der Waals surface area contributed by atoms with Gasteiger partial charge in [0.1, 0.15) is 17.3 Å². The average Bonchev–Trinajstić information content (AvgIpc) is 2.85. The third kappa shape index (κ3) is 2.24. The number of nitrogen functional groups attached to an aromatic ring is 1. The molecule has 0 radical (unpaired) electrons. The summed E-state index contributed by atoms with van der Waals surface area (Å²) in [7, 11) is 0. The van der Waals surface area contributed by atoms with Gasteiger partial charge < -0.3 is 10.3 Å². The molecule has 3 rings (SSSR count). The molecule has 0 aliphatic carbocycles. The number of hydrogen-bond acceptors (Lipinski definition) is 4. The minimum absolute atomic E-state index is 0.0325. The first-order chi connectivity index (χ1) is 10.1. The van der Waals surface area contributed by atoms with Crippen molar-refractivity contribution in [3.8, 4) is 22.5 Å². The van der Waals surface area contributed by atoms with Crippen molar-refractivity contribution in [1.29, 1.82) is 0 Å². The van der Waals surface area contributed by atoms with Crippen LogP contribution in [0.2, 0.25) is 0 Å². The molecular weight excluding hydrogens is 276 g/mol. The molecule has 0 atom stereocenters. The van der Waals surface area contributed by atoms with Crippen LogP contribution < -0.4 is 5.73 Å². The van der Waals surface area contributed by atoms with Crippen LogP contribution in [0.1, 0.15) is 5.56 Å². The minimum atomic E-state index is -0.733. The van der Waals surface area contributed by atoms with Crippen LogP contribution in [0.15, 0.2) is 41.1 Å². The molecule has 106 valence electrons. The third-order valence-corrected chi connectivity index (χ3v) is 3.14.